The van der Waals surface area contributed by atoms with Crippen molar-refractivity contribution in [1.82, 2.24) is 4.90 Å². The van der Waals surface area contributed by atoms with Crippen LogP contribution >= 0.6 is 0 Å². The number of hydrogen-bond donors (Lipinski definition) is 1. The summed E-state index contributed by atoms with van der Waals surface area (Å²) in [7, 11) is 0. The number of amides is 3. The Morgan fingerprint density at radius 3 is 2.04 bits per heavy atom. The Hall–Kier alpha value is -2.76. The summed E-state index contributed by atoms with van der Waals surface area (Å²) in [4.78, 5) is 44.8. The quantitative estimate of drug-likeness (QED) is 0.471. The van der Waals surface area contributed by atoms with Crippen molar-refractivity contribution in [2.24, 2.45) is 5.92 Å². The summed E-state index contributed by atoms with van der Waals surface area (Å²) >= 11 is 0. The van der Waals surface area contributed by atoms with E-state index in [1.807, 2.05) is 13.8 Å². The molecule has 0 saturated heterocycles. The lowest BCUT2D eigenvalue weighted by Gasteiger charge is -2.25. The number of anilines is 1. The van der Waals surface area contributed by atoms with Crippen molar-refractivity contribution in [3.05, 3.63) is 42.0 Å². The average Bonchev–Trinajstić information content (AvgIpc) is 3.03. The van der Waals surface area contributed by atoms with Crippen molar-refractivity contribution in [3.8, 4) is 0 Å². The topological polar surface area (TPSA) is 83.5 Å². The number of carbonyl (C=O) groups is 4. The molecule has 0 unspecified atom stereocenters. The van der Waals surface area contributed by atoms with E-state index in [1.54, 1.807) is 24.3 Å². The second-order valence-corrected chi connectivity index (χ2v) is 6.52. The predicted molar refractivity (Wildman–Crippen MR) is 110 cm³/mol. The summed E-state index contributed by atoms with van der Waals surface area (Å²) in [5, 5.41) is 2.48. The number of nitrogens with zero attached hydrogens (tertiary/aromatic N) is 1. The van der Waals surface area contributed by atoms with E-state index in [0.717, 1.165) is 12.8 Å². The maximum Gasteiger partial charge on any atom is 0.253 e. The lowest BCUT2D eigenvalue weighted by atomic mass is 9.89. The molecule has 0 spiro atoms. The number of carbonyl (C=O) groups excluding carboxylic acids is 4. The van der Waals surface area contributed by atoms with E-state index < -0.39 is 0 Å². The van der Waals surface area contributed by atoms with E-state index in [1.165, 1.54) is 43.2 Å². The molecule has 6 heteroatoms. The Kier molecular flexibility index (Phi) is 10.5. The summed E-state index contributed by atoms with van der Waals surface area (Å²) in [6.45, 7) is 6.13. The minimum Gasteiger partial charge on any atom is -0.329 e. The van der Waals surface area contributed by atoms with Gasteiger partial charge in [0.15, 0.2) is 5.78 Å². The second kappa shape index (κ2) is 12.6. The van der Waals surface area contributed by atoms with Crippen molar-refractivity contribution in [2.45, 2.75) is 52.9 Å². The van der Waals surface area contributed by atoms with E-state index in [4.69, 9.17) is 0 Å². The number of ketones is 1. The first kappa shape index (κ1) is 23.3. The molecule has 1 N–H and O–H groups in total. The van der Waals surface area contributed by atoms with Gasteiger partial charge in [0.2, 0.25) is 6.41 Å². The molecule has 152 valence electrons. The SMILES string of the molecule is CC.CC(=O)c1ccc(NC=O)cc1.O=C1C=CC(=O)N1CC1CCCCC1. The largest absolute Gasteiger partial charge is 0.329 e. The normalized spacial score (nSPS) is 15.9. The van der Waals surface area contributed by atoms with Gasteiger partial charge in [-0.05, 0) is 49.9 Å². The molecule has 28 heavy (non-hydrogen) atoms. The Morgan fingerprint density at radius 2 is 1.57 bits per heavy atom. The van der Waals surface area contributed by atoms with Crippen LogP contribution in [0.4, 0.5) is 5.69 Å². The number of hydrogen-bond acceptors (Lipinski definition) is 4. The highest BCUT2D eigenvalue weighted by atomic mass is 16.2. The Labute approximate surface area is 167 Å². The number of imide groups is 1. The number of benzene rings is 1. The van der Waals surface area contributed by atoms with Gasteiger partial charge in [-0.3, -0.25) is 24.1 Å². The molecule has 1 saturated carbocycles. The number of rotatable bonds is 5. The molecule has 1 aliphatic heterocycles. The summed E-state index contributed by atoms with van der Waals surface area (Å²) in [5.41, 5.74) is 1.33. The molecule has 3 rings (SSSR count). The minimum atomic E-state index is -0.138. The third-order valence-corrected chi connectivity index (χ3v) is 4.58. The molecule has 1 heterocycles. The Morgan fingerprint density at radius 1 is 1.04 bits per heavy atom. The first-order chi connectivity index (χ1) is 13.5. The van der Waals surface area contributed by atoms with E-state index in [-0.39, 0.29) is 17.6 Å². The molecule has 0 radical (unpaired) electrons. The molecule has 1 aromatic carbocycles. The smallest absolute Gasteiger partial charge is 0.253 e. The highest BCUT2D eigenvalue weighted by Crippen LogP contribution is 2.25. The molecule has 1 aliphatic carbocycles. The van der Waals surface area contributed by atoms with Crippen LogP contribution in [0.3, 0.4) is 0 Å². The molecule has 2 aliphatic rings. The van der Waals surface area contributed by atoms with Gasteiger partial charge in [-0.15, -0.1) is 0 Å². The predicted octanol–water partition coefficient (Wildman–Crippen LogP) is 3.98. The first-order valence-electron chi connectivity index (χ1n) is 9.86. The van der Waals surface area contributed by atoms with Gasteiger partial charge in [0.05, 0.1) is 0 Å². The van der Waals surface area contributed by atoms with Crippen molar-refractivity contribution >= 4 is 29.7 Å². The molecule has 0 atom stereocenters. The fourth-order valence-electron chi connectivity index (χ4n) is 3.11. The second-order valence-electron chi connectivity index (χ2n) is 6.52. The fraction of sp³-hybridized carbons (Fsp3) is 0.455. The average molecular weight is 386 g/mol. The molecular formula is C22H30N2O4. The van der Waals surface area contributed by atoms with Crippen molar-refractivity contribution < 1.29 is 19.2 Å². The Balaban J connectivity index is 0.000000260. The van der Waals surface area contributed by atoms with Crippen LogP contribution < -0.4 is 5.32 Å². The van der Waals surface area contributed by atoms with Crippen LogP contribution in [0.15, 0.2) is 36.4 Å². The van der Waals surface area contributed by atoms with Crippen LogP contribution in [0.2, 0.25) is 0 Å². The van der Waals surface area contributed by atoms with Crippen LogP contribution in [0.25, 0.3) is 0 Å². The third kappa shape index (κ3) is 7.47. The minimum absolute atomic E-state index is 0.0210. The lowest BCUT2D eigenvalue weighted by Crippen LogP contribution is -2.35. The van der Waals surface area contributed by atoms with Gasteiger partial charge in [-0.1, -0.05) is 33.1 Å². The molecule has 6 nitrogen and oxygen atoms in total. The zero-order chi connectivity index (χ0) is 20.9. The van der Waals surface area contributed by atoms with Crippen LogP contribution in [0.1, 0.15) is 63.2 Å². The van der Waals surface area contributed by atoms with Gasteiger partial charge in [-0.2, -0.15) is 0 Å². The summed E-state index contributed by atoms with van der Waals surface area (Å²) in [6, 6.07) is 6.72. The van der Waals surface area contributed by atoms with E-state index >= 15 is 0 Å². The van der Waals surface area contributed by atoms with Crippen molar-refractivity contribution in [3.63, 3.8) is 0 Å². The number of Topliss-reactive ketones (excluding diaryl/α,β-unsaturated/α-hetero) is 1. The fourth-order valence-corrected chi connectivity index (χ4v) is 3.11. The maximum atomic E-state index is 11.3. The molecule has 1 fully saturated rings. The summed E-state index contributed by atoms with van der Waals surface area (Å²) < 4.78 is 0. The molecular weight excluding hydrogens is 356 g/mol. The van der Waals surface area contributed by atoms with E-state index in [9.17, 15) is 19.2 Å². The van der Waals surface area contributed by atoms with E-state index in [2.05, 4.69) is 5.32 Å². The molecule has 1 aromatic rings. The number of nitrogens with one attached hydrogen (secondary N) is 1. The van der Waals surface area contributed by atoms with Crippen LogP contribution in [0, 0.1) is 5.92 Å². The third-order valence-electron chi connectivity index (χ3n) is 4.58. The zero-order valence-electron chi connectivity index (χ0n) is 16.9. The lowest BCUT2D eigenvalue weighted by molar-refractivity contribution is -0.137. The van der Waals surface area contributed by atoms with Gasteiger partial charge < -0.3 is 5.32 Å². The van der Waals surface area contributed by atoms with Gasteiger partial charge in [0.25, 0.3) is 11.8 Å². The monoisotopic (exact) mass is 386 g/mol. The maximum absolute atomic E-state index is 11.3. The van der Waals surface area contributed by atoms with Crippen molar-refractivity contribution in [1.29, 1.82) is 0 Å². The van der Waals surface area contributed by atoms with Gasteiger partial charge in [0.1, 0.15) is 0 Å². The molecule has 0 aromatic heterocycles. The highest BCUT2D eigenvalue weighted by Gasteiger charge is 2.26. The van der Waals surface area contributed by atoms with Crippen LogP contribution in [0.5, 0.6) is 0 Å². The van der Waals surface area contributed by atoms with Gasteiger partial charge in [0, 0.05) is 29.9 Å². The Bertz CT molecular complexity index is 671. The van der Waals surface area contributed by atoms with Crippen LogP contribution in [-0.4, -0.2) is 35.5 Å². The highest BCUT2D eigenvalue weighted by molar-refractivity contribution is 6.12. The van der Waals surface area contributed by atoms with Gasteiger partial charge >= 0.3 is 0 Å². The van der Waals surface area contributed by atoms with Crippen molar-refractivity contribution in [2.75, 3.05) is 11.9 Å². The molecule has 0 bridgehead atoms. The zero-order valence-corrected chi connectivity index (χ0v) is 16.9. The summed E-state index contributed by atoms with van der Waals surface area (Å²) in [6.07, 6.45) is 9.45. The van der Waals surface area contributed by atoms with E-state index in [0.29, 0.717) is 30.1 Å². The van der Waals surface area contributed by atoms with Gasteiger partial charge in [-0.25, -0.2) is 0 Å². The first-order valence-corrected chi connectivity index (χ1v) is 9.86. The summed E-state index contributed by atoms with van der Waals surface area (Å²) in [5.74, 6) is 0.283. The molecule has 3 amide bonds. The van der Waals surface area contributed by atoms with Crippen LogP contribution in [-0.2, 0) is 14.4 Å². The standard InChI is InChI=1S/C11H15NO2.C9H9NO2.C2H6/c13-10-6-7-11(14)12(10)8-9-4-2-1-3-5-9;1-7(12)8-2-4-9(5-3-8)10-6-11;1-2/h6-7,9H,1-5,8H2;2-6H,1H3,(H,10,11);1-2H3.